The highest BCUT2D eigenvalue weighted by Crippen LogP contribution is 2.00. The molecule has 110 valence electrons. The molecule has 1 aromatic rings. The van der Waals surface area contributed by atoms with E-state index >= 15 is 0 Å². The summed E-state index contributed by atoms with van der Waals surface area (Å²) in [6.45, 7) is 0.105. The maximum Gasteiger partial charge on any atom is 0.325 e. The van der Waals surface area contributed by atoms with Crippen LogP contribution in [0.4, 0.5) is 0 Å². The molecule has 6 heteroatoms. The molecule has 0 aliphatic rings. The van der Waals surface area contributed by atoms with Crippen LogP contribution in [0, 0.1) is 0 Å². The number of rotatable bonds is 8. The van der Waals surface area contributed by atoms with Gasteiger partial charge in [-0.1, -0.05) is 30.3 Å². The molecule has 1 unspecified atom stereocenters. The van der Waals surface area contributed by atoms with Crippen LogP contribution >= 0.6 is 11.8 Å². The van der Waals surface area contributed by atoms with E-state index in [-0.39, 0.29) is 25.1 Å². The van der Waals surface area contributed by atoms with Crippen molar-refractivity contribution in [3.63, 3.8) is 0 Å². The van der Waals surface area contributed by atoms with E-state index in [1.807, 2.05) is 36.6 Å². The lowest BCUT2D eigenvalue weighted by atomic mass is 10.2. The molecular formula is C14H20N2O3S. The molecule has 0 heterocycles. The molecular weight excluding hydrogens is 276 g/mol. The standard InChI is InChI=1S/C14H20N2O3S/c1-15-12(10-20-2)14(18)16-8-13(17)19-9-11-6-4-3-5-7-11/h3-7,12,15H,8-10H2,1-2H3,(H,16,18). The molecule has 0 aliphatic heterocycles. The first-order valence-corrected chi connectivity index (χ1v) is 7.70. The molecule has 20 heavy (non-hydrogen) atoms. The van der Waals surface area contributed by atoms with Gasteiger partial charge in [-0.2, -0.15) is 11.8 Å². The zero-order valence-electron chi connectivity index (χ0n) is 11.7. The number of benzene rings is 1. The second kappa shape index (κ2) is 9.39. The van der Waals surface area contributed by atoms with Crippen LogP contribution in [0.1, 0.15) is 5.56 Å². The molecule has 1 atom stereocenters. The van der Waals surface area contributed by atoms with Crippen molar-refractivity contribution >= 4 is 23.6 Å². The Kier molecular flexibility index (Phi) is 7.75. The van der Waals surface area contributed by atoms with E-state index in [4.69, 9.17) is 4.74 Å². The fraction of sp³-hybridized carbons (Fsp3) is 0.429. The van der Waals surface area contributed by atoms with Gasteiger partial charge in [-0.3, -0.25) is 9.59 Å². The Morgan fingerprint density at radius 1 is 1.30 bits per heavy atom. The van der Waals surface area contributed by atoms with Crippen molar-refractivity contribution in [1.82, 2.24) is 10.6 Å². The van der Waals surface area contributed by atoms with E-state index in [9.17, 15) is 9.59 Å². The number of hydrogen-bond donors (Lipinski definition) is 2. The average molecular weight is 296 g/mol. The lowest BCUT2D eigenvalue weighted by Gasteiger charge is -2.14. The van der Waals surface area contributed by atoms with Gasteiger partial charge in [-0.05, 0) is 18.9 Å². The van der Waals surface area contributed by atoms with Crippen LogP contribution in [0.15, 0.2) is 30.3 Å². The minimum Gasteiger partial charge on any atom is -0.460 e. The van der Waals surface area contributed by atoms with E-state index < -0.39 is 5.97 Å². The van der Waals surface area contributed by atoms with Gasteiger partial charge in [-0.25, -0.2) is 0 Å². The number of amides is 1. The summed E-state index contributed by atoms with van der Waals surface area (Å²) in [5.74, 6) is 0.0150. The summed E-state index contributed by atoms with van der Waals surface area (Å²) in [4.78, 5) is 23.3. The maximum absolute atomic E-state index is 11.7. The van der Waals surface area contributed by atoms with E-state index in [0.29, 0.717) is 5.75 Å². The number of likely N-dealkylation sites (N-methyl/N-ethyl adjacent to an activating group) is 1. The van der Waals surface area contributed by atoms with E-state index in [1.54, 1.807) is 18.8 Å². The maximum atomic E-state index is 11.7. The van der Waals surface area contributed by atoms with Gasteiger partial charge in [-0.15, -0.1) is 0 Å². The third kappa shape index (κ3) is 6.08. The monoisotopic (exact) mass is 296 g/mol. The number of carbonyl (C=O) groups is 2. The van der Waals surface area contributed by atoms with Gasteiger partial charge < -0.3 is 15.4 Å². The SMILES string of the molecule is CNC(CSC)C(=O)NCC(=O)OCc1ccccc1. The van der Waals surface area contributed by atoms with Crippen molar-refractivity contribution in [1.29, 1.82) is 0 Å². The van der Waals surface area contributed by atoms with Crippen molar-refractivity contribution in [2.45, 2.75) is 12.6 Å². The number of nitrogens with one attached hydrogen (secondary N) is 2. The van der Waals surface area contributed by atoms with Crippen LogP contribution in [-0.4, -0.2) is 43.5 Å². The van der Waals surface area contributed by atoms with Crippen molar-refractivity contribution in [2.75, 3.05) is 25.6 Å². The summed E-state index contributed by atoms with van der Waals surface area (Å²) in [6, 6.07) is 9.11. The Labute approximate surface area is 123 Å². The molecule has 0 saturated carbocycles. The van der Waals surface area contributed by atoms with E-state index in [2.05, 4.69) is 10.6 Å². The average Bonchev–Trinajstić information content (AvgIpc) is 2.49. The molecule has 0 bridgehead atoms. The second-order valence-corrected chi connectivity index (χ2v) is 5.07. The van der Waals surface area contributed by atoms with E-state index in [0.717, 1.165) is 5.56 Å². The van der Waals surface area contributed by atoms with Crippen LogP contribution in [0.2, 0.25) is 0 Å². The molecule has 0 fully saturated rings. The zero-order chi connectivity index (χ0) is 14.8. The van der Waals surface area contributed by atoms with Crippen LogP contribution in [0.25, 0.3) is 0 Å². The molecule has 0 saturated heterocycles. The van der Waals surface area contributed by atoms with Crippen LogP contribution < -0.4 is 10.6 Å². The largest absolute Gasteiger partial charge is 0.460 e. The van der Waals surface area contributed by atoms with Gasteiger partial charge in [0, 0.05) is 5.75 Å². The van der Waals surface area contributed by atoms with Crippen LogP contribution in [0.5, 0.6) is 0 Å². The first kappa shape index (κ1) is 16.5. The number of carbonyl (C=O) groups excluding carboxylic acids is 2. The fourth-order valence-corrected chi connectivity index (χ4v) is 2.18. The molecule has 1 amide bonds. The van der Waals surface area contributed by atoms with Gasteiger partial charge in [0.2, 0.25) is 5.91 Å². The molecule has 0 spiro atoms. The Bertz CT molecular complexity index is 426. The van der Waals surface area contributed by atoms with Gasteiger partial charge in [0.25, 0.3) is 0 Å². The third-order valence-electron chi connectivity index (χ3n) is 2.65. The van der Waals surface area contributed by atoms with E-state index in [1.165, 1.54) is 0 Å². The van der Waals surface area contributed by atoms with Gasteiger partial charge in [0.05, 0.1) is 6.04 Å². The molecule has 0 radical (unpaired) electrons. The molecule has 0 aromatic heterocycles. The molecule has 1 rings (SSSR count). The quantitative estimate of drug-likeness (QED) is 0.695. The van der Waals surface area contributed by atoms with Crippen molar-refractivity contribution in [3.8, 4) is 0 Å². The number of esters is 1. The highest BCUT2D eigenvalue weighted by Gasteiger charge is 2.16. The summed E-state index contributed by atoms with van der Waals surface area (Å²) >= 11 is 1.56. The summed E-state index contributed by atoms with van der Waals surface area (Å²) < 4.78 is 5.07. The fourth-order valence-electron chi connectivity index (χ4n) is 1.53. The second-order valence-electron chi connectivity index (χ2n) is 4.16. The minimum atomic E-state index is -0.443. The predicted octanol–water partition coefficient (Wildman–Crippen LogP) is 0.797. The van der Waals surface area contributed by atoms with Crippen molar-refractivity contribution in [3.05, 3.63) is 35.9 Å². The smallest absolute Gasteiger partial charge is 0.325 e. The number of ether oxygens (including phenoxy) is 1. The highest BCUT2D eigenvalue weighted by atomic mass is 32.2. The van der Waals surface area contributed by atoms with Gasteiger partial charge in [0.15, 0.2) is 0 Å². The number of hydrogen-bond acceptors (Lipinski definition) is 5. The Morgan fingerprint density at radius 3 is 2.60 bits per heavy atom. The Hall–Kier alpha value is -1.53. The molecule has 2 N–H and O–H groups in total. The number of thioether (sulfide) groups is 1. The van der Waals surface area contributed by atoms with Gasteiger partial charge in [0.1, 0.15) is 13.2 Å². The summed E-state index contributed by atoms with van der Waals surface area (Å²) in [5, 5.41) is 5.46. The molecule has 5 nitrogen and oxygen atoms in total. The predicted molar refractivity (Wildman–Crippen MR) is 80.5 cm³/mol. The van der Waals surface area contributed by atoms with Crippen LogP contribution in [0.3, 0.4) is 0 Å². The normalized spacial score (nSPS) is 11.7. The van der Waals surface area contributed by atoms with Crippen LogP contribution in [-0.2, 0) is 20.9 Å². The zero-order valence-corrected chi connectivity index (χ0v) is 12.5. The molecule has 1 aromatic carbocycles. The van der Waals surface area contributed by atoms with Crippen molar-refractivity contribution in [2.24, 2.45) is 0 Å². The Morgan fingerprint density at radius 2 is 2.00 bits per heavy atom. The third-order valence-corrected chi connectivity index (χ3v) is 3.31. The topological polar surface area (TPSA) is 67.4 Å². The summed E-state index contributed by atoms with van der Waals surface area (Å²) in [7, 11) is 1.72. The van der Waals surface area contributed by atoms with Gasteiger partial charge >= 0.3 is 5.97 Å². The highest BCUT2D eigenvalue weighted by molar-refractivity contribution is 7.98. The van der Waals surface area contributed by atoms with Crippen molar-refractivity contribution < 1.29 is 14.3 Å². The first-order chi connectivity index (χ1) is 9.67. The summed E-state index contributed by atoms with van der Waals surface area (Å²) in [5.41, 5.74) is 0.919. The minimum absolute atomic E-state index is 0.113. The first-order valence-electron chi connectivity index (χ1n) is 6.30. The Balaban J connectivity index is 2.27. The summed E-state index contributed by atoms with van der Waals surface area (Å²) in [6.07, 6.45) is 1.92. The molecule has 0 aliphatic carbocycles. The lowest BCUT2D eigenvalue weighted by Crippen LogP contribution is -2.45. The lowest BCUT2D eigenvalue weighted by molar-refractivity contribution is -0.145.